The standard InChI is InChI=1S/C20H29N3O4S/c1-16-7-9-22(10-8-16)20(25)15-21-11-13-23(14-12-21)28(26,27)19-5-3-18(4-6-19)17(2)24/h3-6,16H,7-15H2,1-2H3. The Morgan fingerprint density at radius 3 is 2.07 bits per heavy atom. The maximum Gasteiger partial charge on any atom is 0.243 e. The van der Waals surface area contributed by atoms with Crippen LogP contribution in [0.3, 0.4) is 0 Å². The van der Waals surface area contributed by atoms with E-state index in [0.717, 1.165) is 25.9 Å². The third-order valence-corrected chi connectivity index (χ3v) is 7.64. The molecule has 7 nitrogen and oxygen atoms in total. The summed E-state index contributed by atoms with van der Waals surface area (Å²) in [4.78, 5) is 28.0. The van der Waals surface area contributed by atoms with Crippen LogP contribution in [0.25, 0.3) is 0 Å². The molecule has 0 unspecified atom stereocenters. The SMILES string of the molecule is CC(=O)c1ccc(S(=O)(=O)N2CCN(CC(=O)N3CCC(C)CC3)CC2)cc1. The fraction of sp³-hybridized carbons (Fsp3) is 0.600. The maximum atomic E-state index is 12.8. The van der Waals surface area contributed by atoms with Crippen molar-refractivity contribution >= 4 is 21.7 Å². The summed E-state index contributed by atoms with van der Waals surface area (Å²) >= 11 is 0. The Morgan fingerprint density at radius 2 is 1.54 bits per heavy atom. The van der Waals surface area contributed by atoms with Crippen molar-refractivity contribution in [2.24, 2.45) is 5.92 Å². The highest BCUT2D eigenvalue weighted by Gasteiger charge is 2.30. The highest BCUT2D eigenvalue weighted by Crippen LogP contribution is 2.19. The summed E-state index contributed by atoms with van der Waals surface area (Å²) in [5, 5.41) is 0. The summed E-state index contributed by atoms with van der Waals surface area (Å²) in [5.41, 5.74) is 0.495. The van der Waals surface area contributed by atoms with E-state index in [-0.39, 0.29) is 16.6 Å². The van der Waals surface area contributed by atoms with Crippen molar-refractivity contribution in [2.45, 2.75) is 31.6 Å². The van der Waals surface area contributed by atoms with Gasteiger partial charge in [0.05, 0.1) is 11.4 Å². The van der Waals surface area contributed by atoms with Crippen molar-refractivity contribution in [3.63, 3.8) is 0 Å². The van der Waals surface area contributed by atoms with E-state index in [1.165, 1.54) is 23.4 Å². The number of piperidine rings is 1. The molecule has 2 aliphatic rings. The van der Waals surface area contributed by atoms with Crippen molar-refractivity contribution in [1.82, 2.24) is 14.1 Å². The second-order valence-electron chi connectivity index (χ2n) is 7.82. The number of carbonyl (C=O) groups is 2. The van der Waals surface area contributed by atoms with Crippen LogP contribution in [0.15, 0.2) is 29.2 Å². The van der Waals surface area contributed by atoms with Crippen LogP contribution in [0, 0.1) is 5.92 Å². The predicted octanol–water partition coefficient (Wildman–Crippen LogP) is 1.45. The molecule has 2 saturated heterocycles. The first-order chi connectivity index (χ1) is 13.3. The average molecular weight is 408 g/mol. The van der Waals surface area contributed by atoms with E-state index in [1.807, 2.05) is 9.80 Å². The van der Waals surface area contributed by atoms with Gasteiger partial charge in [0.25, 0.3) is 0 Å². The van der Waals surface area contributed by atoms with Gasteiger partial charge in [-0.15, -0.1) is 0 Å². The van der Waals surface area contributed by atoms with Gasteiger partial charge >= 0.3 is 0 Å². The highest BCUT2D eigenvalue weighted by atomic mass is 32.2. The van der Waals surface area contributed by atoms with Crippen LogP contribution >= 0.6 is 0 Å². The number of piperazine rings is 1. The van der Waals surface area contributed by atoms with Gasteiger partial charge < -0.3 is 4.90 Å². The molecule has 2 fully saturated rings. The molecule has 28 heavy (non-hydrogen) atoms. The molecule has 0 aromatic heterocycles. The molecule has 2 aliphatic heterocycles. The molecule has 0 bridgehead atoms. The van der Waals surface area contributed by atoms with Gasteiger partial charge in [-0.2, -0.15) is 4.31 Å². The second-order valence-corrected chi connectivity index (χ2v) is 9.76. The van der Waals surface area contributed by atoms with Crippen LogP contribution in [0.2, 0.25) is 0 Å². The maximum absolute atomic E-state index is 12.8. The van der Waals surface area contributed by atoms with Gasteiger partial charge in [-0.05, 0) is 37.8 Å². The molecule has 2 heterocycles. The minimum Gasteiger partial charge on any atom is -0.342 e. The first kappa shape index (κ1) is 21.0. The number of hydrogen-bond donors (Lipinski definition) is 0. The number of benzene rings is 1. The summed E-state index contributed by atoms with van der Waals surface area (Å²) in [6.45, 7) is 7.48. The van der Waals surface area contributed by atoms with Crippen molar-refractivity contribution in [2.75, 3.05) is 45.8 Å². The lowest BCUT2D eigenvalue weighted by Gasteiger charge is -2.36. The summed E-state index contributed by atoms with van der Waals surface area (Å²) < 4.78 is 27.1. The van der Waals surface area contributed by atoms with Crippen LogP contribution in [0.5, 0.6) is 0 Å². The van der Waals surface area contributed by atoms with E-state index < -0.39 is 10.0 Å². The zero-order valence-electron chi connectivity index (χ0n) is 16.6. The topological polar surface area (TPSA) is 78.0 Å². The summed E-state index contributed by atoms with van der Waals surface area (Å²) in [5.74, 6) is 0.732. The minimum absolute atomic E-state index is 0.0922. The fourth-order valence-corrected chi connectivity index (χ4v) is 5.11. The Morgan fingerprint density at radius 1 is 0.964 bits per heavy atom. The van der Waals surface area contributed by atoms with E-state index >= 15 is 0 Å². The summed E-state index contributed by atoms with van der Waals surface area (Å²) in [7, 11) is -3.58. The van der Waals surface area contributed by atoms with Crippen LogP contribution < -0.4 is 0 Å². The monoisotopic (exact) mass is 407 g/mol. The first-order valence-corrected chi connectivity index (χ1v) is 11.3. The number of rotatable bonds is 5. The minimum atomic E-state index is -3.58. The van der Waals surface area contributed by atoms with E-state index in [1.54, 1.807) is 12.1 Å². The van der Waals surface area contributed by atoms with Gasteiger partial charge in [0, 0.05) is 44.8 Å². The molecule has 3 rings (SSSR count). The normalized spacial score (nSPS) is 20.3. The molecular weight excluding hydrogens is 378 g/mol. The van der Waals surface area contributed by atoms with Gasteiger partial charge in [0.15, 0.2) is 5.78 Å². The molecule has 1 aromatic rings. The molecular formula is C20H29N3O4S. The molecule has 0 spiro atoms. The van der Waals surface area contributed by atoms with E-state index in [4.69, 9.17) is 0 Å². The number of amides is 1. The van der Waals surface area contributed by atoms with Crippen LogP contribution in [0.4, 0.5) is 0 Å². The molecule has 0 atom stereocenters. The van der Waals surface area contributed by atoms with Crippen LogP contribution in [-0.4, -0.2) is 80.0 Å². The highest BCUT2D eigenvalue weighted by molar-refractivity contribution is 7.89. The number of likely N-dealkylation sites (tertiary alicyclic amines) is 1. The van der Waals surface area contributed by atoms with Gasteiger partial charge in [0.2, 0.25) is 15.9 Å². The van der Waals surface area contributed by atoms with Crippen LogP contribution in [-0.2, 0) is 14.8 Å². The summed E-state index contributed by atoms with van der Waals surface area (Å²) in [6.07, 6.45) is 2.11. The smallest absolute Gasteiger partial charge is 0.243 e. The quantitative estimate of drug-likeness (QED) is 0.691. The van der Waals surface area contributed by atoms with E-state index in [2.05, 4.69) is 6.92 Å². The predicted molar refractivity (Wildman–Crippen MR) is 107 cm³/mol. The number of sulfonamides is 1. The summed E-state index contributed by atoms with van der Waals surface area (Å²) in [6, 6.07) is 6.06. The fourth-order valence-electron chi connectivity index (χ4n) is 3.69. The lowest BCUT2D eigenvalue weighted by atomic mass is 9.99. The zero-order valence-corrected chi connectivity index (χ0v) is 17.5. The molecule has 0 radical (unpaired) electrons. The lowest BCUT2D eigenvalue weighted by Crippen LogP contribution is -2.52. The lowest BCUT2D eigenvalue weighted by molar-refractivity contribution is -0.134. The van der Waals surface area contributed by atoms with Crippen molar-refractivity contribution in [1.29, 1.82) is 0 Å². The largest absolute Gasteiger partial charge is 0.342 e. The third-order valence-electron chi connectivity index (χ3n) is 5.73. The van der Waals surface area contributed by atoms with Crippen LogP contribution in [0.1, 0.15) is 37.0 Å². The Labute approximate surface area is 167 Å². The van der Waals surface area contributed by atoms with Gasteiger partial charge in [-0.25, -0.2) is 8.42 Å². The molecule has 1 amide bonds. The van der Waals surface area contributed by atoms with Crippen molar-refractivity contribution in [3.05, 3.63) is 29.8 Å². The molecule has 154 valence electrons. The molecule has 0 N–H and O–H groups in total. The van der Waals surface area contributed by atoms with Gasteiger partial charge in [-0.1, -0.05) is 19.1 Å². The van der Waals surface area contributed by atoms with Gasteiger partial charge in [-0.3, -0.25) is 14.5 Å². The number of hydrogen-bond acceptors (Lipinski definition) is 5. The Bertz CT molecular complexity index is 806. The number of ketones is 1. The molecule has 0 aliphatic carbocycles. The number of nitrogens with zero attached hydrogens (tertiary/aromatic N) is 3. The third kappa shape index (κ3) is 4.79. The Hall–Kier alpha value is -1.77. The molecule has 0 saturated carbocycles. The average Bonchev–Trinajstić information content (AvgIpc) is 2.69. The van der Waals surface area contributed by atoms with E-state index in [0.29, 0.717) is 44.2 Å². The Balaban J connectivity index is 1.54. The Kier molecular flexibility index (Phi) is 6.52. The number of carbonyl (C=O) groups excluding carboxylic acids is 2. The number of Topliss-reactive ketones (excluding diaryl/α,β-unsaturated/α-hetero) is 1. The first-order valence-electron chi connectivity index (χ1n) is 9.88. The molecule has 1 aromatic carbocycles. The second kappa shape index (κ2) is 8.71. The van der Waals surface area contributed by atoms with E-state index in [9.17, 15) is 18.0 Å². The van der Waals surface area contributed by atoms with Gasteiger partial charge in [0.1, 0.15) is 0 Å². The zero-order chi connectivity index (χ0) is 20.3. The molecule has 8 heteroatoms. The van der Waals surface area contributed by atoms with Crippen molar-refractivity contribution in [3.8, 4) is 0 Å². The van der Waals surface area contributed by atoms with Crippen molar-refractivity contribution < 1.29 is 18.0 Å².